The molecule has 2 aliphatic carbocycles. The van der Waals surface area contributed by atoms with Crippen LogP contribution in [0.25, 0.3) is 0 Å². The van der Waals surface area contributed by atoms with Gasteiger partial charge in [-0.1, -0.05) is 34.1 Å². The minimum absolute atomic E-state index is 0.0266. The zero-order chi connectivity index (χ0) is 22.1. The highest BCUT2D eigenvalue weighted by atomic mass is 32.2. The van der Waals surface area contributed by atoms with Crippen molar-refractivity contribution in [2.45, 2.75) is 70.1 Å². The first-order valence-electron chi connectivity index (χ1n) is 10.9. The first-order valence-corrected chi connectivity index (χ1v) is 12.6. The molecule has 0 radical (unpaired) electrons. The van der Waals surface area contributed by atoms with Crippen LogP contribution in [-0.4, -0.2) is 34.4 Å². The third-order valence-corrected chi connectivity index (χ3v) is 10.6. The first-order chi connectivity index (χ1) is 13.9. The zero-order valence-electron chi connectivity index (χ0n) is 19.0. The maximum atomic E-state index is 13.6. The van der Waals surface area contributed by atoms with Gasteiger partial charge in [0, 0.05) is 11.0 Å². The van der Waals surface area contributed by atoms with Gasteiger partial charge in [0.2, 0.25) is 0 Å². The first kappa shape index (κ1) is 21.7. The van der Waals surface area contributed by atoms with Gasteiger partial charge in [-0.15, -0.1) is 0 Å². The van der Waals surface area contributed by atoms with Crippen molar-refractivity contribution in [1.82, 2.24) is 0 Å². The smallest absolute Gasteiger partial charge is 0.338 e. The summed E-state index contributed by atoms with van der Waals surface area (Å²) in [4.78, 5) is 12.4. The highest BCUT2D eigenvalue weighted by molar-refractivity contribution is 7.91. The molecule has 6 heteroatoms. The molecule has 1 aliphatic heterocycles. The number of hydrogen-bond acceptors (Lipinski definition) is 5. The minimum atomic E-state index is -3.56. The summed E-state index contributed by atoms with van der Waals surface area (Å²) in [5, 5.41) is 0. The molecule has 0 N–H and O–H groups in total. The number of ether oxygens (including phenoxy) is 2. The van der Waals surface area contributed by atoms with E-state index in [1.165, 1.54) is 19.6 Å². The van der Waals surface area contributed by atoms with E-state index < -0.39 is 15.8 Å². The number of methoxy groups -OCH3 is 2. The van der Waals surface area contributed by atoms with Gasteiger partial charge in [-0.05, 0) is 60.5 Å². The normalized spacial score (nSPS) is 36.1. The third-order valence-electron chi connectivity index (χ3n) is 8.79. The van der Waals surface area contributed by atoms with Crippen LogP contribution < -0.4 is 4.74 Å². The van der Waals surface area contributed by atoms with Crippen LogP contribution in [-0.2, 0) is 20.0 Å². The zero-order valence-corrected chi connectivity index (χ0v) is 19.8. The van der Waals surface area contributed by atoms with Crippen molar-refractivity contribution >= 4 is 15.8 Å². The molecule has 0 saturated heterocycles. The molecule has 2 fully saturated rings. The van der Waals surface area contributed by atoms with Gasteiger partial charge in [0.25, 0.3) is 0 Å². The molecule has 2 saturated carbocycles. The highest BCUT2D eigenvalue weighted by Gasteiger charge is 2.62. The summed E-state index contributed by atoms with van der Waals surface area (Å²) < 4.78 is 37.7. The molecule has 0 amide bonds. The van der Waals surface area contributed by atoms with Gasteiger partial charge >= 0.3 is 5.97 Å². The minimum Gasteiger partial charge on any atom is -0.496 e. The van der Waals surface area contributed by atoms with Gasteiger partial charge in [0.1, 0.15) is 5.75 Å². The lowest BCUT2D eigenvalue weighted by atomic mass is 9.43. The van der Waals surface area contributed by atoms with E-state index in [4.69, 9.17) is 9.47 Å². The van der Waals surface area contributed by atoms with Crippen LogP contribution >= 0.6 is 0 Å². The molecule has 0 spiro atoms. The molecule has 1 aromatic rings. The van der Waals surface area contributed by atoms with Gasteiger partial charge in [0.15, 0.2) is 9.84 Å². The van der Waals surface area contributed by atoms with Crippen molar-refractivity contribution in [1.29, 1.82) is 0 Å². The van der Waals surface area contributed by atoms with E-state index in [-0.39, 0.29) is 38.4 Å². The summed E-state index contributed by atoms with van der Waals surface area (Å²) in [7, 11) is -0.714. The lowest BCUT2D eigenvalue weighted by molar-refractivity contribution is -0.0984. The Morgan fingerprint density at radius 3 is 2.37 bits per heavy atom. The van der Waals surface area contributed by atoms with E-state index in [1.807, 2.05) is 0 Å². The Kier molecular flexibility index (Phi) is 4.85. The van der Waals surface area contributed by atoms with Crippen molar-refractivity contribution in [3.63, 3.8) is 0 Å². The molecule has 1 aromatic carbocycles. The van der Waals surface area contributed by atoms with Gasteiger partial charge in [-0.3, -0.25) is 0 Å². The Bertz CT molecular complexity index is 995. The van der Waals surface area contributed by atoms with E-state index in [2.05, 4.69) is 27.7 Å². The van der Waals surface area contributed by atoms with Crippen molar-refractivity contribution in [3.05, 3.63) is 23.3 Å². The maximum absolute atomic E-state index is 13.6. The Morgan fingerprint density at radius 2 is 1.73 bits per heavy atom. The number of fused-ring (bicyclic) bond motifs is 5. The average Bonchev–Trinajstić information content (AvgIpc) is 2.67. The molecule has 4 unspecified atom stereocenters. The molecule has 5 nitrogen and oxygen atoms in total. The summed E-state index contributed by atoms with van der Waals surface area (Å²) in [5.41, 5.74) is 0.858. The van der Waals surface area contributed by atoms with Crippen LogP contribution in [0.15, 0.2) is 17.0 Å². The van der Waals surface area contributed by atoms with Crippen LogP contribution in [0.2, 0.25) is 0 Å². The predicted molar refractivity (Wildman–Crippen MR) is 116 cm³/mol. The lowest BCUT2D eigenvalue weighted by Gasteiger charge is -2.63. The van der Waals surface area contributed by atoms with Gasteiger partial charge in [0.05, 0.1) is 30.4 Å². The number of benzene rings is 1. The van der Waals surface area contributed by atoms with Crippen molar-refractivity contribution in [3.8, 4) is 5.75 Å². The van der Waals surface area contributed by atoms with Gasteiger partial charge < -0.3 is 9.47 Å². The molecule has 3 aliphatic rings. The lowest BCUT2D eigenvalue weighted by Crippen LogP contribution is -2.60. The SMILES string of the molecule is COC(=O)c1cc(OC)c2c(c1)S(=O)(=O)CC1C2(C)CCC2C(C)(C)CCCC21C. The van der Waals surface area contributed by atoms with Crippen LogP contribution in [0.4, 0.5) is 0 Å². The Morgan fingerprint density at radius 1 is 1.03 bits per heavy atom. The fourth-order valence-electron chi connectivity index (χ4n) is 7.43. The molecule has 4 atom stereocenters. The second-order valence-corrected chi connectivity index (χ2v) is 12.7. The summed E-state index contributed by atoms with van der Waals surface area (Å²) in [6, 6.07) is 3.15. The molecule has 0 aromatic heterocycles. The third kappa shape index (κ3) is 2.85. The second-order valence-electron chi connectivity index (χ2n) is 10.7. The van der Waals surface area contributed by atoms with E-state index in [1.54, 1.807) is 13.2 Å². The fraction of sp³-hybridized carbons (Fsp3) is 0.708. The number of esters is 1. The largest absolute Gasteiger partial charge is 0.496 e. The van der Waals surface area contributed by atoms with E-state index in [9.17, 15) is 13.2 Å². The Labute approximate surface area is 180 Å². The van der Waals surface area contributed by atoms with Crippen LogP contribution in [0, 0.1) is 22.7 Å². The van der Waals surface area contributed by atoms with Gasteiger partial charge in [-0.2, -0.15) is 0 Å². The Balaban J connectivity index is 1.95. The summed E-state index contributed by atoms with van der Waals surface area (Å²) >= 11 is 0. The molecular formula is C24H34O5S. The van der Waals surface area contributed by atoms with Crippen LogP contribution in [0.3, 0.4) is 0 Å². The fourth-order valence-corrected chi connectivity index (χ4v) is 9.75. The summed E-state index contributed by atoms with van der Waals surface area (Å²) in [5.74, 6) is 0.601. The van der Waals surface area contributed by atoms with Crippen molar-refractivity contribution < 1.29 is 22.7 Å². The molecular weight excluding hydrogens is 400 g/mol. The number of carbonyl (C=O) groups is 1. The van der Waals surface area contributed by atoms with E-state index >= 15 is 0 Å². The quantitative estimate of drug-likeness (QED) is 0.627. The number of hydrogen-bond donors (Lipinski definition) is 0. The van der Waals surface area contributed by atoms with Crippen LogP contribution in [0.5, 0.6) is 5.75 Å². The molecule has 30 heavy (non-hydrogen) atoms. The van der Waals surface area contributed by atoms with Crippen molar-refractivity contribution in [2.75, 3.05) is 20.0 Å². The monoisotopic (exact) mass is 434 g/mol. The number of rotatable bonds is 2. The average molecular weight is 435 g/mol. The molecule has 1 heterocycles. The van der Waals surface area contributed by atoms with Gasteiger partial charge in [-0.25, -0.2) is 13.2 Å². The van der Waals surface area contributed by atoms with Crippen molar-refractivity contribution in [2.24, 2.45) is 22.7 Å². The number of carbonyl (C=O) groups excluding carboxylic acids is 1. The highest BCUT2D eigenvalue weighted by Crippen LogP contribution is 2.67. The van der Waals surface area contributed by atoms with E-state index in [0.717, 1.165) is 31.2 Å². The maximum Gasteiger partial charge on any atom is 0.338 e. The standard InChI is InChI=1S/C24H34O5S/c1-22(2)9-7-10-23(3)18(22)8-11-24(4)19(23)14-30(26,27)17-13-15(21(25)29-6)12-16(28-5)20(17)24/h12-13,18-19H,7-11,14H2,1-6H3. The molecule has 166 valence electrons. The summed E-state index contributed by atoms with van der Waals surface area (Å²) in [6.07, 6.45) is 5.41. The predicted octanol–water partition coefficient (Wildman–Crippen LogP) is 4.77. The topological polar surface area (TPSA) is 69.7 Å². The second kappa shape index (κ2) is 6.72. The summed E-state index contributed by atoms with van der Waals surface area (Å²) in [6.45, 7) is 9.25. The van der Waals surface area contributed by atoms with Crippen LogP contribution in [0.1, 0.15) is 75.7 Å². The molecule has 0 bridgehead atoms. The number of sulfone groups is 1. The molecule has 4 rings (SSSR count). The Hall–Kier alpha value is -1.56. The van der Waals surface area contributed by atoms with E-state index in [0.29, 0.717) is 11.7 Å².